The van der Waals surface area contributed by atoms with Crippen LogP contribution in [0.25, 0.3) is 0 Å². The zero-order valence-electron chi connectivity index (χ0n) is 7.99. The van der Waals surface area contributed by atoms with E-state index in [4.69, 9.17) is 0 Å². The van der Waals surface area contributed by atoms with Crippen molar-refractivity contribution in [3.63, 3.8) is 0 Å². The highest BCUT2D eigenvalue weighted by Crippen LogP contribution is 2.06. The van der Waals surface area contributed by atoms with Crippen LogP contribution in [0.1, 0.15) is 12.5 Å². The molecule has 1 N–H and O–H groups in total. The lowest BCUT2D eigenvalue weighted by molar-refractivity contribution is 1.49. The molecular weight excluding hydrogens is 160 g/mol. The van der Waals surface area contributed by atoms with E-state index in [-0.39, 0.29) is 0 Å². The van der Waals surface area contributed by atoms with Crippen LogP contribution in [-0.2, 0) is 0 Å². The first-order valence-corrected chi connectivity index (χ1v) is 4.29. The minimum absolute atomic E-state index is 1.11. The molecule has 0 aromatic heterocycles. The van der Waals surface area contributed by atoms with Crippen molar-refractivity contribution in [2.24, 2.45) is 4.99 Å². The Bertz CT molecular complexity index is 296. The summed E-state index contributed by atoms with van der Waals surface area (Å²) in [7, 11) is 1.91. The molecule has 1 aromatic carbocycles. The SMILES string of the molecule is C/C=C\N=Cc1ccc(NC)cc1. The van der Waals surface area contributed by atoms with Crippen molar-refractivity contribution in [2.75, 3.05) is 12.4 Å². The molecule has 0 amide bonds. The summed E-state index contributed by atoms with van der Waals surface area (Å²) in [6, 6.07) is 8.10. The summed E-state index contributed by atoms with van der Waals surface area (Å²) in [5.74, 6) is 0. The Labute approximate surface area is 79.0 Å². The van der Waals surface area contributed by atoms with E-state index >= 15 is 0 Å². The Balaban J connectivity index is 2.69. The van der Waals surface area contributed by atoms with Crippen LogP contribution in [0.2, 0.25) is 0 Å². The molecule has 0 heterocycles. The number of hydrogen-bond acceptors (Lipinski definition) is 2. The third-order valence-corrected chi connectivity index (χ3v) is 1.66. The number of hydrogen-bond donors (Lipinski definition) is 1. The molecule has 0 atom stereocenters. The van der Waals surface area contributed by atoms with E-state index in [1.165, 1.54) is 0 Å². The molecular formula is C11H14N2. The first-order chi connectivity index (χ1) is 6.36. The van der Waals surface area contributed by atoms with E-state index in [2.05, 4.69) is 10.3 Å². The minimum atomic E-state index is 1.11. The predicted octanol–water partition coefficient (Wildman–Crippen LogP) is 2.68. The van der Waals surface area contributed by atoms with Crippen molar-refractivity contribution in [3.05, 3.63) is 42.1 Å². The third-order valence-electron chi connectivity index (χ3n) is 1.66. The fraction of sp³-hybridized carbons (Fsp3) is 0.182. The molecule has 13 heavy (non-hydrogen) atoms. The number of anilines is 1. The minimum Gasteiger partial charge on any atom is -0.388 e. The van der Waals surface area contributed by atoms with Gasteiger partial charge in [-0.05, 0) is 24.6 Å². The van der Waals surface area contributed by atoms with Crippen molar-refractivity contribution in [3.8, 4) is 0 Å². The van der Waals surface area contributed by atoms with Crippen LogP contribution >= 0.6 is 0 Å². The zero-order valence-corrected chi connectivity index (χ0v) is 7.99. The molecule has 0 saturated carbocycles. The Kier molecular flexibility index (Phi) is 3.76. The summed E-state index contributed by atoms with van der Waals surface area (Å²) in [5.41, 5.74) is 2.22. The lowest BCUT2D eigenvalue weighted by Gasteiger charge is -1.98. The van der Waals surface area contributed by atoms with Gasteiger partial charge in [0.15, 0.2) is 0 Å². The smallest absolute Gasteiger partial charge is 0.0340 e. The highest BCUT2D eigenvalue weighted by molar-refractivity contribution is 5.80. The van der Waals surface area contributed by atoms with E-state index in [0.717, 1.165) is 11.3 Å². The van der Waals surface area contributed by atoms with Crippen LogP contribution in [0, 0.1) is 0 Å². The summed E-state index contributed by atoms with van der Waals surface area (Å²) >= 11 is 0. The normalized spacial score (nSPS) is 11.2. The van der Waals surface area contributed by atoms with E-state index in [1.54, 1.807) is 6.20 Å². The van der Waals surface area contributed by atoms with Crippen LogP contribution in [0.5, 0.6) is 0 Å². The Morgan fingerprint density at radius 2 is 1.92 bits per heavy atom. The average molecular weight is 174 g/mol. The fourth-order valence-electron chi connectivity index (χ4n) is 0.951. The van der Waals surface area contributed by atoms with Gasteiger partial charge >= 0.3 is 0 Å². The molecule has 0 aliphatic carbocycles. The van der Waals surface area contributed by atoms with Crippen LogP contribution in [-0.4, -0.2) is 13.3 Å². The predicted molar refractivity (Wildman–Crippen MR) is 58.4 cm³/mol. The van der Waals surface area contributed by atoms with Crippen molar-refractivity contribution in [1.82, 2.24) is 0 Å². The average Bonchev–Trinajstić information content (AvgIpc) is 2.19. The Hall–Kier alpha value is -1.57. The van der Waals surface area contributed by atoms with Gasteiger partial charge in [0.25, 0.3) is 0 Å². The van der Waals surface area contributed by atoms with Gasteiger partial charge in [-0.3, -0.25) is 4.99 Å². The van der Waals surface area contributed by atoms with Gasteiger partial charge in [0.05, 0.1) is 0 Å². The molecule has 2 heteroatoms. The monoisotopic (exact) mass is 174 g/mol. The maximum atomic E-state index is 4.09. The molecule has 0 bridgehead atoms. The Morgan fingerprint density at radius 3 is 2.46 bits per heavy atom. The van der Waals surface area contributed by atoms with Crippen molar-refractivity contribution in [2.45, 2.75) is 6.92 Å². The summed E-state index contributed by atoms with van der Waals surface area (Å²) in [4.78, 5) is 4.09. The van der Waals surface area contributed by atoms with E-state index in [0.29, 0.717) is 0 Å². The highest BCUT2D eigenvalue weighted by Gasteiger charge is 1.87. The third kappa shape index (κ3) is 3.11. The number of rotatable bonds is 3. The molecule has 2 nitrogen and oxygen atoms in total. The first kappa shape index (κ1) is 9.52. The summed E-state index contributed by atoms with van der Waals surface area (Å²) < 4.78 is 0. The van der Waals surface area contributed by atoms with Crippen molar-refractivity contribution in [1.29, 1.82) is 0 Å². The summed E-state index contributed by atoms with van der Waals surface area (Å²) in [6.07, 6.45) is 5.50. The lowest BCUT2D eigenvalue weighted by atomic mass is 10.2. The second-order valence-corrected chi connectivity index (χ2v) is 2.63. The number of aliphatic imine (C=N–C) groups is 1. The van der Waals surface area contributed by atoms with Crippen LogP contribution in [0.3, 0.4) is 0 Å². The van der Waals surface area contributed by atoms with E-state index in [9.17, 15) is 0 Å². The molecule has 68 valence electrons. The number of nitrogens with zero attached hydrogens (tertiary/aromatic N) is 1. The standard InChI is InChI=1S/C11H14N2/c1-3-8-13-9-10-4-6-11(12-2)7-5-10/h3-9,12H,1-2H3/b8-3-,13-9?. The topological polar surface area (TPSA) is 24.4 Å². The van der Waals surface area contributed by atoms with E-state index in [1.807, 2.05) is 50.5 Å². The van der Waals surface area contributed by atoms with Crippen molar-refractivity contribution >= 4 is 11.9 Å². The Morgan fingerprint density at radius 1 is 1.23 bits per heavy atom. The quantitative estimate of drug-likeness (QED) is 0.700. The molecule has 0 radical (unpaired) electrons. The van der Waals surface area contributed by atoms with Gasteiger partial charge in [-0.2, -0.15) is 0 Å². The lowest BCUT2D eigenvalue weighted by Crippen LogP contribution is -1.87. The molecule has 0 spiro atoms. The number of nitrogens with one attached hydrogen (secondary N) is 1. The van der Waals surface area contributed by atoms with Gasteiger partial charge in [-0.1, -0.05) is 18.2 Å². The van der Waals surface area contributed by atoms with Crippen LogP contribution < -0.4 is 5.32 Å². The maximum absolute atomic E-state index is 4.09. The summed E-state index contributed by atoms with van der Waals surface area (Å²) in [6.45, 7) is 1.95. The molecule has 0 aliphatic rings. The molecule has 0 aliphatic heterocycles. The van der Waals surface area contributed by atoms with Gasteiger partial charge in [0, 0.05) is 25.1 Å². The highest BCUT2D eigenvalue weighted by atomic mass is 14.8. The molecule has 1 rings (SSSR count). The first-order valence-electron chi connectivity index (χ1n) is 4.29. The van der Waals surface area contributed by atoms with Gasteiger partial charge < -0.3 is 5.32 Å². The molecule has 1 aromatic rings. The van der Waals surface area contributed by atoms with Crippen LogP contribution in [0.4, 0.5) is 5.69 Å². The second-order valence-electron chi connectivity index (χ2n) is 2.63. The molecule has 0 fully saturated rings. The van der Waals surface area contributed by atoms with Gasteiger partial charge in [0.1, 0.15) is 0 Å². The second kappa shape index (κ2) is 5.14. The van der Waals surface area contributed by atoms with Gasteiger partial charge in [-0.25, -0.2) is 0 Å². The molecule has 0 unspecified atom stereocenters. The van der Waals surface area contributed by atoms with Crippen LogP contribution in [0.15, 0.2) is 41.5 Å². The number of benzene rings is 1. The summed E-state index contributed by atoms with van der Waals surface area (Å²) in [5, 5.41) is 3.06. The fourth-order valence-corrected chi connectivity index (χ4v) is 0.951. The van der Waals surface area contributed by atoms with Gasteiger partial charge in [0.2, 0.25) is 0 Å². The molecule has 0 saturated heterocycles. The zero-order chi connectivity index (χ0) is 9.52. The van der Waals surface area contributed by atoms with Crippen molar-refractivity contribution < 1.29 is 0 Å². The maximum Gasteiger partial charge on any atom is 0.0340 e. The van der Waals surface area contributed by atoms with Gasteiger partial charge in [-0.15, -0.1) is 0 Å². The van der Waals surface area contributed by atoms with E-state index < -0.39 is 0 Å². The largest absolute Gasteiger partial charge is 0.388 e. The number of allylic oxidation sites excluding steroid dienone is 1.